The predicted molar refractivity (Wildman–Crippen MR) is 97.6 cm³/mol. The van der Waals surface area contributed by atoms with Gasteiger partial charge in [-0.05, 0) is 32.3 Å². The van der Waals surface area contributed by atoms with Crippen LogP contribution in [0.4, 0.5) is 23.7 Å². The van der Waals surface area contributed by atoms with Crippen molar-refractivity contribution in [3.63, 3.8) is 0 Å². The van der Waals surface area contributed by atoms with Crippen molar-refractivity contribution in [1.29, 1.82) is 0 Å². The number of carboxylic acid groups (broad SMARTS) is 1. The van der Waals surface area contributed by atoms with Gasteiger partial charge in [0.15, 0.2) is 5.58 Å². The number of fused-ring (bicyclic) bond motifs is 1. The van der Waals surface area contributed by atoms with Crippen LogP contribution in [0.1, 0.15) is 0 Å². The van der Waals surface area contributed by atoms with Crippen LogP contribution in [0.15, 0.2) is 27.4 Å². The molecule has 1 atom stereocenters. The van der Waals surface area contributed by atoms with Crippen molar-refractivity contribution >= 4 is 34.8 Å². The van der Waals surface area contributed by atoms with Gasteiger partial charge < -0.3 is 29.2 Å². The van der Waals surface area contributed by atoms with Crippen LogP contribution in [-0.4, -0.2) is 72.1 Å². The van der Waals surface area contributed by atoms with Crippen molar-refractivity contribution in [1.82, 2.24) is 9.47 Å². The predicted octanol–water partition coefficient (Wildman–Crippen LogP) is 1.26. The third-order valence-electron chi connectivity index (χ3n) is 3.83. The lowest BCUT2D eigenvalue weighted by atomic mass is 10.2. The molecule has 2 aromatic rings. The number of carbonyl (C=O) groups excluding carboxylic acids is 2. The Balaban J connectivity index is 0.000000423. The van der Waals surface area contributed by atoms with E-state index in [-0.39, 0.29) is 6.61 Å². The number of carboxylic acids is 1. The Labute approximate surface area is 171 Å². The monoisotopic (exact) mass is 449 g/mol. The summed E-state index contributed by atoms with van der Waals surface area (Å²) in [5, 5.41) is 9.76. The highest BCUT2D eigenvalue weighted by Crippen LogP contribution is 2.19. The molecule has 1 aliphatic heterocycles. The van der Waals surface area contributed by atoms with Crippen molar-refractivity contribution in [3.05, 3.63) is 28.7 Å². The van der Waals surface area contributed by atoms with Crippen molar-refractivity contribution in [2.24, 2.45) is 0 Å². The maximum atomic E-state index is 12.0. The molecular weight excluding hydrogens is 431 g/mol. The van der Waals surface area contributed by atoms with Crippen LogP contribution in [0.2, 0.25) is 0 Å². The fourth-order valence-electron chi connectivity index (χ4n) is 2.33. The van der Waals surface area contributed by atoms with Crippen molar-refractivity contribution in [3.8, 4) is 0 Å². The summed E-state index contributed by atoms with van der Waals surface area (Å²) in [6.45, 7) is 1.01. The zero-order chi connectivity index (χ0) is 23.3. The van der Waals surface area contributed by atoms with Gasteiger partial charge in [-0.15, -0.1) is 0 Å². The zero-order valence-corrected chi connectivity index (χ0v) is 16.3. The Morgan fingerprint density at radius 2 is 1.94 bits per heavy atom. The lowest BCUT2D eigenvalue weighted by molar-refractivity contribution is -0.192. The van der Waals surface area contributed by atoms with E-state index >= 15 is 0 Å². The number of halogens is 3. The summed E-state index contributed by atoms with van der Waals surface area (Å²) in [4.78, 5) is 45.7. The Morgan fingerprint density at radius 3 is 2.45 bits per heavy atom. The number of nitrogens with zero attached hydrogens (tertiary/aromatic N) is 2. The maximum absolute atomic E-state index is 12.0. The van der Waals surface area contributed by atoms with E-state index in [0.717, 1.165) is 0 Å². The van der Waals surface area contributed by atoms with Crippen LogP contribution in [0.3, 0.4) is 0 Å². The van der Waals surface area contributed by atoms with Gasteiger partial charge in [-0.1, -0.05) is 0 Å². The van der Waals surface area contributed by atoms with Crippen LogP contribution >= 0.6 is 0 Å². The number of oxazole rings is 1. The molecule has 170 valence electrons. The standard InChI is InChI=1S/C15H17N3O6.C2HF3O2/c1-17(2)5-6-18-10-7-9(3-4-11(10)23-14(18)20)16-13(19)12-8-22-15(21)24-12;3-2(4,5)1(6)7/h3-4,7,12H,5-6,8H2,1-2H3,(H,16,19);(H,6,7). The molecule has 0 radical (unpaired) electrons. The van der Waals surface area contributed by atoms with Gasteiger partial charge in [-0.3, -0.25) is 9.36 Å². The van der Waals surface area contributed by atoms with E-state index in [1.807, 2.05) is 19.0 Å². The van der Waals surface area contributed by atoms with Gasteiger partial charge in [-0.25, -0.2) is 14.4 Å². The Kier molecular flexibility index (Phi) is 7.28. The first-order valence-corrected chi connectivity index (χ1v) is 8.61. The Hall–Kier alpha value is -3.55. The Bertz CT molecular complexity index is 1030. The molecule has 31 heavy (non-hydrogen) atoms. The molecule has 0 spiro atoms. The number of anilines is 1. The zero-order valence-electron chi connectivity index (χ0n) is 16.3. The van der Waals surface area contributed by atoms with Gasteiger partial charge >= 0.3 is 24.1 Å². The minimum atomic E-state index is -5.08. The summed E-state index contributed by atoms with van der Waals surface area (Å²) in [5.74, 6) is -3.70. The fraction of sp³-hybridized carbons (Fsp3) is 0.412. The molecule has 1 aromatic carbocycles. The first-order chi connectivity index (χ1) is 14.4. The number of cyclic esters (lactones) is 2. The van der Waals surface area contributed by atoms with E-state index in [1.54, 1.807) is 18.2 Å². The van der Waals surface area contributed by atoms with E-state index in [0.29, 0.717) is 29.9 Å². The number of likely N-dealkylation sites (N-methyl/N-ethyl adjacent to an activating group) is 1. The van der Waals surface area contributed by atoms with Gasteiger partial charge in [0.1, 0.15) is 6.61 Å². The average molecular weight is 449 g/mol. The number of benzene rings is 1. The molecule has 1 aliphatic rings. The largest absolute Gasteiger partial charge is 0.509 e. The number of rotatable bonds is 5. The lowest BCUT2D eigenvalue weighted by Gasteiger charge is -2.10. The number of hydrogen-bond donors (Lipinski definition) is 2. The molecule has 1 unspecified atom stereocenters. The third kappa shape index (κ3) is 6.47. The van der Waals surface area contributed by atoms with Crippen LogP contribution in [0, 0.1) is 0 Å². The van der Waals surface area contributed by atoms with Crippen LogP contribution in [0.5, 0.6) is 0 Å². The van der Waals surface area contributed by atoms with Crippen molar-refractivity contribution in [2.75, 3.05) is 32.6 Å². The number of amides is 1. The van der Waals surface area contributed by atoms with Gasteiger partial charge in [0, 0.05) is 18.8 Å². The molecule has 0 aliphatic carbocycles. The molecule has 1 aromatic heterocycles. The molecule has 3 rings (SSSR count). The lowest BCUT2D eigenvalue weighted by Crippen LogP contribution is -2.29. The first kappa shape index (κ1) is 23.7. The highest BCUT2D eigenvalue weighted by Gasteiger charge is 2.38. The molecule has 0 saturated carbocycles. The van der Waals surface area contributed by atoms with Crippen molar-refractivity contribution < 1.29 is 46.6 Å². The minimum Gasteiger partial charge on any atom is -0.475 e. The van der Waals surface area contributed by atoms with E-state index in [1.165, 1.54) is 4.57 Å². The van der Waals surface area contributed by atoms with Crippen LogP contribution in [-0.2, 0) is 25.6 Å². The Morgan fingerprint density at radius 1 is 1.29 bits per heavy atom. The fourth-order valence-corrected chi connectivity index (χ4v) is 2.33. The smallest absolute Gasteiger partial charge is 0.475 e. The third-order valence-corrected chi connectivity index (χ3v) is 3.83. The minimum absolute atomic E-state index is 0.119. The topological polar surface area (TPSA) is 140 Å². The summed E-state index contributed by atoms with van der Waals surface area (Å²) in [5.41, 5.74) is 1.49. The molecular formula is C17H18F3N3O8. The first-order valence-electron chi connectivity index (χ1n) is 8.61. The summed E-state index contributed by atoms with van der Waals surface area (Å²) in [6, 6.07) is 4.86. The normalized spacial score (nSPS) is 15.8. The van der Waals surface area contributed by atoms with E-state index in [4.69, 9.17) is 19.1 Å². The van der Waals surface area contributed by atoms with E-state index in [9.17, 15) is 27.6 Å². The molecule has 1 amide bonds. The maximum Gasteiger partial charge on any atom is 0.509 e. The second-order valence-electron chi connectivity index (χ2n) is 6.47. The van der Waals surface area contributed by atoms with Crippen LogP contribution < -0.4 is 11.1 Å². The highest BCUT2D eigenvalue weighted by molar-refractivity contribution is 5.97. The summed E-state index contributed by atoms with van der Waals surface area (Å²) in [6.07, 6.45) is -6.92. The number of aromatic nitrogens is 1. The number of nitrogens with one attached hydrogen (secondary N) is 1. The van der Waals surface area contributed by atoms with Gasteiger partial charge in [0.05, 0.1) is 5.52 Å². The summed E-state index contributed by atoms with van der Waals surface area (Å²) < 4.78 is 47.7. The quantitative estimate of drug-likeness (QED) is 0.646. The highest BCUT2D eigenvalue weighted by atomic mass is 19.4. The number of aliphatic carboxylic acids is 1. The molecule has 14 heteroatoms. The number of alkyl halides is 3. The van der Waals surface area contributed by atoms with Gasteiger partial charge in [0.2, 0.25) is 6.10 Å². The molecule has 1 fully saturated rings. The summed E-state index contributed by atoms with van der Waals surface area (Å²) in [7, 11) is 3.81. The molecule has 0 bridgehead atoms. The molecule has 2 heterocycles. The molecule has 1 saturated heterocycles. The van der Waals surface area contributed by atoms with Gasteiger partial charge in [0.25, 0.3) is 5.91 Å². The van der Waals surface area contributed by atoms with Crippen LogP contribution in [0.25, 0.3) is 11.1 Å². The van der Waals surface area contributed by atoms with Gasteiger partial charge in [-0.2, -0.15) is 13.2 Å². The summed E-state index contributed by atoms with van der Waals surface area (Å²) >= 11 is 0. The second kappa shape index (κ2) is 9.51. The molecule has 2 N–H and O–H groups in total. The average Bonchev–Trinajstić information content (AvgIpc) is 3.22. The molecule has 11 nitrogen and oxygen atoms in total. The SMILES string of the molecule is CN(C)CCn1c(=O)oc2ccc(NC(=O)C3COC(=O)O3)cc21.O=C(O)C(F)(F)F. The second-order valence-corrected chi connectivity index (χ2v) is 6.47. The number of hydrogen-bond acceptors (Lipinski definition) is 8. The number of ether oxygens (including phenoxy) is 2. The van der Waals surface area contributed by atoms with E-state index in [2.05, 4.69) is 10.1 Å². The number of carbonyl (C=O) groups is 3. The van der Waals surface area contributed by atoms with E-state index < -0.39 is 36.1 Å². The van der Waals surface area contributed by atoms with Crippen molar-refractivity contribution in [2.45, 2.75) is 18.8 Å².